The number of carbonyl (C=O) groups excluding carboxylic acids is 1. The number of hydrogen-bond donors (Lipinski definition) is 1. The number of rotatable bonds is 5. The minimum absolute atomic E-state index is 0.208. The highest BCUT2D eigenvalue weighted by Gasteiger charge is 2.04. The van der Waals surface area contributed by atoms with E-state index >= 15 is 0 Å². The van der Waals surface area contributed by atoms with Gasteiger partial charge in [-0.3, -0.25) is 9.78 Å². The molecule has 0 radical (unpaired) electrons. The van der Waals surface area contributed by atoms with Crippen molar-refractivity contribution in [2.24, 2.45) is 0 Å². The molecule has 0 spiro atoms. The van der Waals surface area contributed by atoms with Crippen LogP contribution in [0.3, 0.4) is 0 Å². The van der Waals surface area contributed by atoms with Gasteiger partial charge in [0.25, 0.3) is 5.91 Å². The molecule has 0 saturated heterocycles. The molecule has 1 aromatic carbocycles. The Bertz CT molecular complexity index is 529. The van der Waals surface area contributed by atoms with Crippen molar-refractivity contribution < 1.29 is 9.53 Å². The summed E-state index contributed by atoms with van der Waals surface area (Å²) in [5, 5.41) is 3.39. The lowest BCUT2D eigenvalue weighted by Crippen LogP contribution is -2.28. The maximum absolute atomic E-state index is 11.7. The van der Waals surface area contributed by atoms with Crippen molar-refractivity contribution in [3.05, 3.63) is 59.4 Å². The highest BCUT2D eigenvalue weighted by atomic mass is 35.5. The first-order valence-electron chi connectivity index (χ1n) is 5.83. The number of hydrogen-bond acceptors (Lipinski definition) is 3. The minimum atomic E-state index is -0.208. The Labute approximate surface area is 116 Å². The predicted molar refractivity (Wildman–Crippen MR) is 73.5 cm³/mol. The number of carbonyl (C=O) groups is 1. The summed E-state index contributed by atoms with van der Waals surface area (Å²) in [6, 6.07) is 12.3. The molecule has 1 aromatic heterocycles. The fraction of sp³-hybridized carbons (Fsp3) is 0.143. The van der Waals surface area contributed by atoms with E-state index in [1.54, 1.807) is 48.7 Å². The van der Waals surface area contributed by atoms with Gasteiger partial charge in [0.1, 0.15) is 18.1 Å². The number of benzene rings is 1. The molecule has 0 aliphatic carbocycles. The van der Waals surface area contributed by atoms with E-state index in [9.17, 15) is 4.79 Å². The summed E-state index contributed by atoms with van der Waals surface area (Å²) in [6.45, 7) is 0.804. The third-order valence-electron chi connectivity index (χ3n) is 2.37. The average molecular weight is 277 g/mol. The van der Waals surface area contributed by atoms with Crippen LogP contribution in [0, 0.1) is 0 Å². The van der Waals surface area contributed by atoms with Gasteiger partial charge in [-0.1, -0.05) is 17.7 Å². The summed E-state index contributed by atoms with van der Waals surface area (Å²) in [4.78, 5) is 15.6. The van der Waals surface area contributed by atoms with Crippen LogP contribution in [0.5, 0.6) is 5.75 Å². The van der Waals surface area contributed by atoms with Crippen molar-refractivity contribution in [3.63, 3.8) is 0 Å². The van der Waals surface area contributed by atoms with Gasteiger partial charge in [0.15, 0.2) is 0 Å². The maximum atomic E-state index is 11.7. The first-order valence-corrected chi connectivity index (χ1v) is 6.21. The Kier molecular flexibility index (Phi) is 4.75. The van der Waals surface area contributed by atoms with Crippen LogP contribution in [0.15, 0.2) is 48.7 Å². The molecule has 0 aliphatic heterocycles. The number of nitrogens with zero attached hydrogens (tertiary/aromatic N) is 1. The fourth-order valence-electron chi connectivity index (χ4n) is 1.45. The third-order valence-corrected chi connectivity index (χ3v) is 2.62. The molecular formula is C14H13ClN2O2. The van der Waals surface area contributed by atoms with Crippen LogP contribution in [0.25, 0.3) is 0 Å². The summed E-state index contributed by atoms with van der Waals surface area (Å²) >= 11 is 5.76. The molecule has 19 heavy (non-hydrogen) atoms. The molecule has 98 valence electrons. The van der Waals surface area contributed by atoms with Gasteiger partial charge in [0.2, 0.25) is 0 Å². The van der Waals surface area contributed by atoms with Crippen LogP contribution in [-0.4, -0.2) is 24.0 Å². The second kappa shape index (κ2) is 6.75. The zero-order chi connectivity index (χ0) is 13.5. The van der Waals surface area contributed by atoms with E-state index in [2.05, 4.69) is 10.3 Å². The largest absolute Gasteiger partial charge is 0.492 e. The van der Waals surface area contributed by atoms with Gasteiger partial charge in [0, 0.05) is 11.2 Å². The first kappa shape index (κ1) is 13.4. The van der Waals surface area contributed by atoms with E-state index in [1.807, 2.05) is 0 Å². The lowest BCUT2D eigenvalue weighted by molar-refractivity contribution is 0.0942. The smallest absolute Gasteiger partial charge is 0.269 e. The van der Waals surface area contributed by atoms with Crippen LogP contribution < -0.4 is 10.1 Å². The molecular weight excluding hydrogens is 264 g/mol. The standard InChI is InChI=1S/C14H13ClN2O2/c15-11-4-6-12(7-5-11)19-10-9-17-14(18)13-3-1-2-8-16-13/h1-8H,9-10H2,(H,17,18). The number of pyridine rings is 1. The van der Waals surface area contributed by atoms with E-state index < -0.39 is 0 Å². The molecule has 0 atom stereocenters. The summed E-state index contributed by atoms with van der Waals surface area (Å²) < 4.78 is 5.45. The normalized spacial score (nSPS) is 9.95. The van der Waals surface area contributed by atoms with Gasteiger partial charge < -0.3 is 10.1 Å². The van der Waals surface area contributed by atoms with Gasteiger partial charge in [-0.05, 0) is 36.4 Å². The molecule has 0 bridgehead atoms. The molecule has 5 heteroatoms. The van der Waals surface area contributed by atoms with E-state index in [0.717, 1.165) is 5.75 Å². The molecule has 1 N–H and O–H groups in total. The Hall–Kier alpha value is -2.07. The molecule has 2 rings (SSSR count). The molecule has 0 fully saturated rings. The van der Waals surface area contributed by atoms with Crippen molar-refractivity contribution in [1.29, 1.82) is 0 Å². The average Bonchev–Trinajstić information content (AvgIpc) is 2.46. The van der Waals surface area contributed by atoms with Crippen LogP contribution >= 0.6 is 11.6 Å². The molecule has 0 saturated carbocycles. The predicted octanol–water partition coefficient (Wildman–Crippen LogP) is 2.54. The maximum Gasteiger partial charge on any atom is 0.269 e. The van der Waals surface area contributed by atoms with Gasteiger partial charge in [-0.2, -0.15) is 0 Å². The van der Waals surface area contributed by atoms with Crippen molar-refractivity contribution in [1.82, 2.24) is 10.3 Å². The van der Waals surface area contributed by atoms with Crippen molar-refractivity contribution >= 4 is 17.5 Å². The number of amides is 1. The summed E-state index contributed by atoms with van der Waals surface area (Å²) in [5.41, 5.74) is 0.397. The fourth-order valence-corrected chi connectivity index (χ4v) is 1.58. The molecule has 1 heterocycles. The number of ether oxygens (including phenoxy) is 1. The van der Waals surface area contributed by atoms with Crippen LogP contribution in [0.1, 0.15) is 10.5 Å². The lowest BCUT2D eigenvalue weighted by Gasteiger charge is -2.07. The Balaban J connectivity index is 1.72. The van der Waals surface area contributed by atoms with E-state index in [-0.39, 0.29) is 5.91 Å². The van der Waals surface area contributed by atoms with E-state index in [1.165, 1.54) is 0 Å². The van der Waals surface area contributed by atoms with Crippen molar-refractivity contribution in [2.75, 3.05) is 13.2 Å². The topological polar surface area (TPSA) is 51.2 Å². The molecule has 1 amide bonds. The first-order chi connectivity index (χ1) is 9.25. The third kappa shape index (κ3) is 4.26. The van der Waals surface area contributed by atoms with Crippen molar-refractivity contribution in [3.8, 4) is 5.75 Å². The number of halogens is 1. The number of nitrogens with one attached hydrogen (secondary N) is 1. The lowest BCUT2D eigenvalue weighted by atomic mass is 10.3. The SMILES string of the molecule is O=C(NCCOc1ccc(Cl)cc1)c1ccccn1. The zero-order valence-corrected chi connectivity index (χ0v) is 10.9. The van der Waals surface area contributed by atoms with Crippen molar-refractivity contribution in [2.45, 2.75) is 0 Å². The second-order valence-electron chi connectivity index (χ2n) is 3.77. The number of aromatic nitrogens is 1. The molecule has 2 aromatic rings. The van der Waals surface area contributed by atoms with Crippen LogP contribution in [0.4, 0.5) is 0 Å². The Morgan fingerprint density at radius 2 is 2.00 bits per heavy atom. The van der Waals surface area contributed by atoms with Gasteiger partial charge in [-0.25, -0.2) is 0 Å². The van der Waals surface area contributed by atoms with E-state index in [0.29, 0.717) is 23.9 Å². The van der Waals surface area contributed by atoms with Crippen LogP contribution in [-0.2, 0) is 0 Å². The summed E-state index contributed by atoms with van der Waals surface area (Å²) in [5.74, 6) is 0.511. The van der Waals surface area contributed by atoms with Crippen LogP contribution in [0.2, 0.25) is 5.02 Å². The zero-order valence-electron chi connectivity index (χ0n) is 10.2. The quantitative estimate of drug-likeness (QED) is 0.854. The van der Waals surface area contributed by atoms with Gasteiger partial charge in [0.05, 0.1) is 6.54 Å². The second-order valence-corrected chi connectivity index (χ2v) is 4.21. The summed E-state index contributed by atoms with van der Waals surface area (Å²) in [7, 11) is 0. The Morgan fingerprint density at radius 1 is 1.21 bits per heavy atom. The van der Waals surface area contributed by atoms with Gasteiger partial charge in [-0.15, -0.1) is 0 Å². The monoisotopic (exact) mass is 276 g/mol. The molecule has 0 aliphatic rings. The summed E-state index contributed by atoms with van der Waals surface area (Å²) in [6.07, 6.45) is 1.58. The minimum Gasteiger partial charge on any atom is -0.492 e. The molecule has 0 unspecified atom stereocenters. The highest BCUT2D eigenvalue weighted by Crippen LogP contribution is 2.15. The molecule has 4 nitrogen and oxygen atoms in total. The van der Waals surface area contributed by atoms with Gasteiger partial charge >= 0.3 is 0 Å². The highest BCUT2D eigenvalue weighted by molar-refractivity contribution is 6.30. The van der Waals surface area contributed by atoms with E-state index in [4.69, 9.17) is 16.3 Å². The Morgan fingerprint density at radius 3 is 2.68 bits per heavy atom.